The lowest BCUT2D eigenvalue weighted by molar-refractivity contribution is 1.09. The van der Waals surface area contributed by atoms with Gasteiger partial charge in [0.15, 0.2) is 0 Å². The number of hydrogen-bond donors (Lipinski definition) is 1. The molecule has 0 aliphatic carbocycles. The van der Waals surface area contributed by atoms with Crippen LogP contribution in [0.2, 0.25) is 0 Å². The third-order valence-corrected chi connectivity index (χ3v) is 6.08. The highest BCUT2D eigenvalue weighted by Gasteiger charge is 2.17. The molecule has 0 radical (unpaired) electrons. The Morgan fingerprint density at radius 1 is 0.613 bits per heavy atom. The van der Waals surface area contributed by atoms with Gasteiger partial charge in [0.1, 0.15) is 0 Å². The van der Waals surface area contributed by atoms with Crippen molar-refractivity contribution in [2.75, 3.05) is 0 Å². The molecule has 4 aromatic carbocycles. The van der Waals surface area contributed by atoms with Crippen molar-refractivity contribution in [1.29, 1.82) is 5.41 Å². The largest absolute Gasteiger partial charge is 0.308 e. The summed E-state index contributed by atoms with van der Waals surface area (Å²) in [4.78, 5) is 26.7. The molecule has 146 valence electrons. The molecular weight excluding hydrogens is 384 g/mol. The monoisotopic (exact) mass is 400 g/mol. The number of para-hydroxylation sites is 1. The van der Waals surface area contributed by atoms with Gasteiger partial charge in [-0.2, -0.15) is 0 Å². The van der Waals surface area contributed by atoms with Crippen molar-refractivity contribution in [3.63, 3.8) is 0 Å². The molecule has 1 N–H and O–H groups in total. The van der Waals surface area contributed by atoms with E-state index in [2.05, 4.69) is 0 Å². The molecule has 0 atom stereocenters. The summed E-state index contributed by atoms with van der Waals surface area (Å²) in [6.45, 7) is 0. The highest BCUT2D eigenvalue weighted by atomic mass is 16.2. The second kappa shape index (κ2) is 6.34. The molecule has 0 aliphatic heterocycles. The molecule has 0 bridgehead atoms. The number of nitrogens with one attached hydrogen (secondary N) is 1. The van der Waals surface area contributed by atoms with E-state index in [1.165, 1.54) is 10.6 Å². The third kappa shape index (κ3) is 2.33. The summed E-state index contributed by atoms with van der Waals surface area (Å²) >= 11 is 0. The maximum absolute atomic E-state index is 13.5. The van der Waals surface area contributed by atoms with Crippen molar-refractivity contribution in [2.24, 2.45) is 0 Å². The molecule has 31 heavy (non-hydrogen) atoms. The fourth-order valence-electron chi connectivity index (χ4n) is 4.67. The minimum atomic E-state index is -0.304. The molecule has 2 heterocycles. The molecule has 4 nitrogen and oxygen atoms in total. The van der Waals surface area contributed by atoms with Crippen LogP contribution in [0.3, 0.4) is 0 Å². The SMILES string of the molecule is N=Cc1ccccc1-c1ccc2c(=O)n3c(=O)c4ccccc4c4cccc(c2c1)c43. The fourth-order valence-corrected chi connectivity index (χ4v) is 4.67. The Kier molecular flexibility index (Phi) is 3.59. The number of aromatic nitrogens is 1. The van der Waals surface area contributed by atoms with Gasteiger partial charge in [-0.05, 0) is 45.7 Å². The van der Waals surface area contributed by atoms with Crippen molar-refractivity contribution >= 4 is 44.0 Å². The highest BCUT2D eigenvalue weighted by molar-refractivity contribution is 6.18. The molecule has 6 aromatic rings. The van der Waals surface area contributed by atoms with Crippen molar-refractivity contribution in [1.82, 2.24) is 4.40 Å². The van der Waals surface area contributed by atoms with Crippen molar-refractivity contribution in [3.05, 3.63) is 111 Å². The predicted octanol–water partition coefficient (Wildman–Crippen LogP) is 5.22. The fraction of sp³-hybridized carbons (Fsp3) is 0. The Balaban J connectivity index is 1.85. The van der Waals surface area contributed by atoms with Gasteiger partial charge in [-0.3, -0.25) is 9.59 Å². The molecule has 0 aliphatic rings. The minimum Gasteiger partial charge on any atom is -0.308 e. The summed E-state index contributed by atoms with van der Waals surface area (Å²) in [5, 5.41) is 12.2. The van der Waals surface area contributed by atoms with Crippen LogP contribution in [-0.4, -0.2) is 10.6 Å². The van der Waals surface area contributed by atoms with E-state index in [1.807, 2.05) is 72.8 Å². The van der Waals surface area contributed by atoms with Crippen molar-refractivity contribution < 1.29 is 0 Å². The van der Waals surface area contributed by atoms with Gasteiger partial charge in [0.25, 0.3) is 11.1 Å². The first-order chi connectivity index (χ1) is 15.2. The maximum Gasteiger partial charge on any atom is 0.266 e. The van der Waals surface area contributed by atoms with Crippen LogP contribution in [0.5, 0.6) is 0 Å². The van der Waals surface area contributed by atoms with E-state index in [-0.39, 0.29) is 11.1 Å². The molecule has 6 rings (SSSR count). The minimum absolute atomic E-state index is 0.288. The quantitative estimate of drug-likeness (QED) is 0.246. The number of rotatable bonds is 2. The molecule has 0 saturated heterocycles. The second-order valence-electron chi connectivity index (χ2n) is 7.68. The number of benzene rings is 4. The summed E-state index contributed by atoms with van der Waals surface area (Å²) in [7, 11) is 0. The van der Waals surface area contributed by atoms with Gasteiger partial charge in [-0.1, -0.05) is 66.7 Å². The molecular formula is C27H16N2O2. The smallest absolute Gasteiger partial charge is 0.266 e. The van der Waals surface area contributed by atoms with Gasteiger partial charge in [0.2, 0.25) is 0 Å². The summed E-state index contributed by atoms with van der Waals surface area (Å²) in [6, 6.07) is 26.7. The summed E-state index contributed by atoms with van der Waals surface area (Å²) in [6.07, 6.45) is 1.33. The van der Waals surface area contributed by atoms with E-state index in [1.54, 1.807) is 12.1 Å². The van der Waals surface area contributed by atoms with Gasteiger partial charge >= 0.3 is 0 Å². The zero-order chi connectivity index (χ0) is 21.1. The molecule has 0 unspecified atom stereocenters. The second-order valence-corrected chi connectivity index (χ2v) is 7.68. The lowest BCUT2D eigenvalue weighted by atomic mass is 9.95. The standard InChI is InChI=1S/C27H16N2O2/c28-15-17-6-1-2-7-18(17)16-12-13-23-24(14-16)21-11-5-10-20-19-8-3-4-9-22(19)26(30)29(25(20)21)27(23)31/h1-15,28H. The Bertz CT molecular complexity index is 1800. The predicted molar refractivity (Wildman–Crippen MR) is 127 cm³/mol. The van der Waals surface area contributed by atoms with Gasteiger partial charge in [-0.15, -0.1) is 0 Å². The Hall–Kier alpha value is -4.31. The average Bonchev–Trinajstić information content (AvgIpc) is 2.83. The number of nitrogens with zero attached hydrogens (tertiary/aromatic N) is 1. The van der Waals surface area contributed by atoms with Crippen LogP contribution in [0.25, 0.3) is 49.0 Å². The van der Waals surface area contributed by atoms with Crippen LogP contribution in [0.1, 0.15) is 5.56 Å². The van der Waals surface area contributed by atoms with Crippen LogP contribution < -0.4 is 11.1 Å². The molecule has 0 amide bonds. The van der Waals surface area contributed by atoms with Crippen LogP contribution in [0, 0.1) is 5.41 Å². The van der Waals surface area contributed by atoms with Gasteiger partial charge in [0.05, 0.1) is 5.52 Å². The summed E-state index contributed by atoms with van der Waals surface area (Å²) in [5.74, 6) is 0. The summed E-state index contributed by atoms with van der Waals surface area (Å²) < 4.78 is 1.32. The highest BCUT2D eigenvalue weighted by Crippen LogP contribution is 2.32. The topological polar surface area (TPSA) is 62.4 Å². The lowest BCUT2D eigenvalue weighted by Gasteiger charge is -2.13. The lowest BCUT2D eigenvalue weighted by Crippen LogP contribution is -2.27. The zero-order valence-corrected chi connectivity index (χ0v) is 16.4. The maximum atomic E-state index is 13.5. The normalized spacial score (nSPS) is 11.6. The van der Waals surface area contributed by atoms with E-state index >= 15 is 0 Å². The number of hydrogen-bond acceptors (Lipinski definition) is 3. The average molecular weight is 400 g/mol. The van der Waals surface area contributed by atoms with E-state index in [9.17, 15) is 9.59 Å². The molecule has 0 fully saturated rings. The van der Waals surface area contributed by atoms with E-state index < -0.39 is 0 Å². The first-order valence-corrected chi connectivity index (χ1v) is 10.0. The van der Waals surface area contributed by atoms with E-state index in [4.69, 9.17) is 5.41 Å². The number of fused-ring (bicyclic) bond motifs is 4. The molecule has 0 saturated carbocycles. The van der Waals surface area contributed by atoms with Crippen LogP contribution in [-0.2, 0) is 0 Å². The summed E-state index contributed by atoms with van der Waals surface area (Å²) in [5.41, 5.74) is 2.73. The Labute approximate surface area is 176 Å². The zero-order valence-electron chi connectivity index (χ0n) is 16.4. The van der Waals surface area contributed by atoms with Crippen LogP contribution in [0.15, 0.2) is 94.5 Å². The van der Waals surface area contributed by atoms with Crippen molar-refractivity contribution in [3.8, 4) is 11.1 Å². The Morgan fingerprint density at radius 3 is 2.00 bits per heavy atom. The van der Waals surface area contributed by atoms with Crippen LogP contribution >= 0.6 is 0 Å². The van der Waals surface area contributed by atoms with Gasteiger partial charge in [-0.25, -0.2) is 4.40 Å². The number of pyridine rings is 2. The third-order valence-electron chi connectivity index (χ3n) is 6.08. The molecule has 0 spiro atoms. The van der Waals surface area contributed by atoms with Crippen molar-refractivity contribution in [2.45, 2.75) is 0 Å². The van der Waals surface area contributed by atoms with Gasteiger partial charge in [0, 0.05) is 27.8 Å². The van der Waals surface area contributed by atoms with E-state index in [0.717, 1.165) is 38.2 Å². The van der Waals surface area contributed by atoms with Gasteiger partial charge < -0.3 is 5.41 Å². The van der Waals surface area contributed by atoms with Crippen LogP contribution in [0.4, 0.5) is 0 Å². The first kappa shape index (κ1) is 17.5. The molecule has 2 aromatic heterocycles. The molecule has 4 heteroatoms. The first-order valence-electron chi connectivity index (χ1n) is 10.0. The Morgan fingerprint density at radius 2 is 1.23 bits per heavy atom. The van der Waals surface area contributed by atoms with E-state index in [0.29, 0.717) is 16.3 Å².